The molecule has 0 unspecified atom stereocenters. The smallest absolute Gasteiger partial charge is 0.105 e. The van der Waals surface area contributed by atoms with Gasteiger partial charge in [-0.3, -0.25) is 0 Å². The molecule has 0 aromatic carbocycles. The minimum Gasteiger partial charge on any atom is -0.552 e. The summed E-state index contributed by atoms with van der Waals surface area (Å²) >= 11 is 0. The highest BCUT2D eigenvalue weighted by molar-refractivity contribution is 7.09. The number of nitrogens with zero attached hydrogens (tertiary/aromatic N) is 1. The van der Waals surface area contributed by atoms with Crippen LogP contribution < -0.4 is 0 Å². The summed E-state index contributed by atoms with van der Waals surface area (Å²) in [5.74, 6) is 0. The Labute approximate surface area is 245 Å². The van der Waals surface area contributed by atoms with E-state index in [4.69, 9.17) is 4.52 Å². The van der Waals surface area contributed by atoms with Crippen LogP contribution in [0.1, 0.15) is 194 Å². The standard InChI is InChI=1S/C35H74NOP/c1-6-8-10-12-14-16-18-20-22-24-26-28-30-32-35(37-38,34-36(3,4)5)33-31-29-27-25-23-21-19-17-15-13-11-9-7-2/h38H,6-34H2,1-5H3. The second kappa shape index (κ2) is 27.5. The maximum atomic E-state index is 6.12. The van der Waals surface area contributed by atoms with Crippen LogP contribution in [0.2, 0.25) is 0 Å². The lowest BCUT2D eigenvalue weighted by atomic mass is 9.88. The number of hydrogen-bond acceptors (Lipinski definition) is 1. The van der Waals surface area contributed by atoms with Crippen LogP contribution in [-0.2, 0) is 4.52 Å². The maximum absolute atomic E-state index is 6.12. The largest absolute Gasteiger partial charge is 0.552 e. The second-order valence-corrected chi connectivity index (χ2v) is 13.9. The molecule has 0 aliphatic rings. The number of likely N-dealkylation sites (N-methyl/N-ethyl adjacent to an activating group) is 1. The Balaban J connectivity index is 3.94. The lowest BCUT2D eigenvalue weighted by molar-refractivity contribution is -0.876. The third kappa shape index (κ3) is 26.6. The normalized spacial score (nSPS) is 12.5. The molecule has 230 valence electrons. The van der Waals surface area contributed by atoms with Crippen molar-refractivity contribution in [2.24, 2.45) is 0 Å². The molecule has 0 N–H and O–H groups in total. The molecular weight excluding hydrogens is 481 g/mol. The molecule has 0 fully saturated rings. The van der Waals surface area contributed by atoms with Gasteiger partial charge in [0, 0.05) is 0 Å². The molecule has 38 heavy (non-hydrogen) atoms. The summed E-state index contributed by atoms with van der Waals surface area (Å²) < 4.78 is 7.09. The van der Waals surface area contributed by atoms with Gasteiger partial charge in [-0.15, -0.1) is 0 Å². The Morgan fingerprint density at radius 3 is 0.868 bits per heavy atom. The SMILES string of the molecule is CCCCCCCCCCCCCCCC(CCCCCCCCCCCCCCC)(C[N+](C)(C)C)O[PH-]. The van der Waals surface area contributed by atoms with Gasteiger partial charge in [-0.1, -0.05) is 181 Å². The van der Waals surface area contributed by atoms with Gasteiger partial charge in [-0.05, 0) is 12.8 Å². The van der Waals surface area contributed by atoms with Gasteiger partial charge in [0.05, 0.1) is 26.7 Å². The first-order valence-electron chi connectivity index (χ1n) is 17.5. The minimum absolute atomic E-state index is 0.00924. The quantitative estimate of drug-likeness (QED) is 0.0469. The van der Waals surface area contributed by atoms with Crippen molar-refractivity contribution in [1.29, 1.82) is 0 Å². The maximum Gasteiger partial charge on any atom is 0.105 e. The third-order valence-corrected chi connectivity index (χ3v) is 8.88. The fourth-order valence-corrected chi connectivity index (χ4v) is 6.48. The molecule has 0 atom stereocenters. The van der Waals surface area contributed by atoms with Crippen molar-refractivity contribution in [3.63, 3.8) is 0 Å². The van der Waals surface area contributed by atoms with E-state index < -0.39 is 0 Å². The zero-order valence-corrected chi connectivity index (χ0v) is 28.4. The van der Waals surface area contributed by atoms with Crippen molar-refractivity contribution in [2.75, 3.05) is 27.7 Å². The van der Waals surface area contributed by atoms with Gasteiger partial charge >= 0.3 is 0 Å². The van der Waals surface area contributed by atoms with Gasteiger partial charge in [-0.2, -0.15) is 0 Å². The average molecular weight is 556 g/mol. The monoisotopic (exact) mass is 556 g/mol. The van der Waals surface area contributed by atoms with Crippen molar-refractivity contribution in [1.82, 2.24) is 0 Å². The van der Waals surface area contributed by atoms with Crippen molar-refractivity contribution < 1.29 is 9.01 Å². The summed E-state index contributed by atoms with van der Waals surface area (Å²) in [5, 5.41) is 0. The third-order valence-electron chi connectivity index (χ3n) is 8.45. The Morgan fingerprint density at radius 1 is 0.421 bits per heavy atom. The molecule has 0 amide bonds. The molecule has 0 aliphatic carbocycles. The lowest BCUT2D eigenvalue weighted by Crippen LogP contribution is -2.49. The van der Waals surface area contributed by atoms with E-state index in [0.29, 0.717) is 0 Å². The van der Waals surface area contributed by atoms with Crippen molar-refractivity contribution in [3.05, 3.63) is 0 Å². The van der Waals surface area contributed by atoms with E-state index in [1.54, 1.807) is 0 Å². The summed E-state index contributed by atoms with van der Waals surface area (Å²) in [4.78, 5) is 0. The van der Waals surface area contributed by atoms with E-state index in [-0.39, 0.29) is 5.60 Å². The molecule has 0 aliphatic heterocycles. The van der Waals surface area contributed by atoms with Crippen molar-refractivity contribution in [3.8, 4) is 0 Å². The van der Waals surface area contributed by atoms with Gasteiger partial charge in [0.25, 0.3) is 0 Å². The zero-order chi connectivity index (χ0) is 28.2. The molecule has 0 rings (SSSR count). The van der Waals surface area contributed by atoms with Crippen LogP contribution in [0.4, 0.5) is 0 Å². The highest BCUT2D eigenvalue weighted by Gasteiger charge is 2.32. The van der Waals surface area contributed by atoms with Gasteiger partial charge in [0.1, 0.15) is 6.54 Å². The first kappa shape index (κ1) is 38.4. The van der Waals surface area contributed by atoms with Crippen LogP contribution in [0, 0.1) is 0 Å². The molecule has 0 heterocycles. The van der Waals surface area contributed by atoms with Crippen LogP contribution in [0.25, 0.3) is 0 Å². The molecule has 0 aromatic heterocycles. The summed E-state index contributed by atoms with van der Waals surface area (Å²) in [5.41, 5.74) is -0.00924. The first-order chi connectivity index (χ1) is 18.4. The Bertz CT molecular complexity index is 431. The van der Waals surface area contributed by atoms with Crippen LogP contribution in [-0.4, -0.2) is 37.8 Å². The number of hydrogen-bond donors (Lipinski definition) is 0. The van der Waals surface area contributed by atoms with E-state index in [1.807, 2.05) is 0 Å². The van der Waals surface area contributed by atoms with Crippen LogP contribution >= 0.6 is 9.47 Å². The Morgan fingerprint density at radius 2 is 0.658 bits per heavy atom. The zero-order valence-electron chi connectivity index (χ0n) is 27.4. The van der Waals surface area contributed by atoms with Gasteiger partial charge in [0.2, 0.25) is 0 Å². The van der Waals surface area contributed by atoms with Crippen LogP contribution in [0.3, 0.4) is 0 Å². The molecule has 0 saturated carbocycles. The average Bonchev–Trinajstić information content (AvgIpc) is 2.88. The molecule has 0 aromatic rings. The number of quaternary nitrogens is 1. The minimum atomic E-state index is -0.00924. The molecule has 0 spiro atoms. The van der Waals surface area contributed by atoms with E-state index in [0.717, 1.165) is 11.0 Å². The van der Waals surface area contributed by atoms with E-state index in [2.05, 4.69) is 44.5 Å². The van der Waals surface area contributed by atoms with Gasteiger partial charge in [-0.25, -0.2) is 0 Å². The lowest BCUT2D eigenvalue weighted by Gasteiger charge is -2.42. The Hall–Kier alpha value is 0.350. The molecule has 0 radical (unpaired) electrons. The summed E-state index contributed by atoms with van der Waals surface area (Å²) in [6, 6.07) is 0. The predicted molar refractivity (Wildman–Crippen MR) is 176 cm³/mol. The number of rotatable bonds is 31. The molecule has 2 nitrogen and oxygen atoms in total. The highest BCUT2D eigenvalue weighted by atomic mass is 31.0. The van der Waals surface area contributed by atoms with Crippen LogP contribution in [0.15, 0.2) is 0 Å². The van der Waals surface area contributed by atoms with Crippen LogP contribution in [0.5, 0.6) is 0 Å². The second-order valence-electron chi connectivity index (χ2n) is 13.7. The first-order valence-corrected chi connectivity index (χ1v) is 17.9. The topological polar surface area (TPSA) is 9.23 Å². The molecule has 0 saturated heterocycles. The molecule has 0 bridgehead atoms. The van der Waals surface area contributed by atoms with Crippen molar-refractivity contribution >= 4 is 9.47 Å². The summed E-state index contributed by atoms with van der Waals surface area (Å²) in [7, 11) is 10.5. The molecular formula is C35H74NOP. The van der Waals surface area contributed by atoms with Gasteiger partial charge < -0.3 is 18.5 Å². The van der Waals surface area contributed by atoms with E-state index in [9.17, 15) is 0 Å². The molecule has 3 heteroatoms. The van der Waals surface area contributed by atoms with E-state index in [1.165, 1.54) is 180 Å². The Kier molecular flexibility index (Phi) is 27.8. The fraction of sp³-hybridized carbons (Fsp3) is 1.00. The number of unbranched alkanes of at least 4 members (excludes halogenated alkanes) is 24. The summed E-state index contributed by atoms with van der Waals surface area (Å²) in [6.07, 6.45) is 39.3. The predicted octanol–water partition coefficient (Wildman–Crippen LogP) is 12.5. The van der Waals surface area contributed by atoms with E-state index >= 15 is 0 Å². The fourth-order valence-electron chi connectivity index (χ4n) is 6.21. The van der Waals surface area contributed by atoms with Crippen molar-refractivity contribution in [2.45, 2.75) is 199 Å². The highest BCUT2D eigenvalue weighted by Crippen LogP contribution is 2.31. The summed E-state index contributed by atoms with van der Waals surface area (Å²) in [6.45, 7) is 5.70. The van der Waals surface area contributed by atoms with Gasteiger partial charge in [0.15, 0.2) is 0 Å².